The zero-order chi connectivity index (χ0) is 14.0. The summed E-state index contributed by atoms with van der Waals surface area (Å²) in [6.07, 6.45) is 4.22. The van der Waals surface area contributed by atoms with Gasteiger partial charge < -0.3 is 9.73 Å². The standard InChI is InChI=1S/C16H19FN2O/c1-16(6-8-18-9-7-16)15-19-11-13(20-15)10-12-4-2-3-5-14(12)17/h2-5,11,18H,6-10H2,1H3. The molecule has 1 aromatic carbocycles. The number of oxazole rings is 1. The van der Waals surface area contributed by atoms with Crippen molar-refractivity contribution in [3.8, 4) is 0 Å². The highest BCUT2D eigenvalue weighted by atomic mass is 19.1. The molecule has 20 heavy (non-hydrogen) atoms. The van der Waals surface area contributed by atoms with Gasteiger partial charge in [0.15, 0.2) is 5.89 Å². The van der Waals surface area contributed by atoms with Gasteiger partial charge in [-0.05, 0) is 37.6 Å². The summed E-state index contributed by atoms with van der Waals surface area (Å²) in [4.78, 5) is 4.42. The Morgan fingerprint density at radius 1 is 1.30 bits per heavy atom. The molecular weight excluding hydrogens is 255 g/mol. The quantitative estimate of drug-likeness (QED) is 0.935. The van der Waals surface area contributed by atoms with E-state index in [0.717, 1.165) is 37.6 Å². The molecule has 4 heteroatoms. The first-order valence-electron chi connectivity index (χ1n) is 7.07. The Morgan fingerprint density at radius 2 is 2.05 bits per heavy atom. The van der Waals surface area contributed by atoms with E-state index in [9.17, 15) is 4.39 Å². The van der Waals surface area contributed by atoms with Gasteiger partial charge in [-0.3, -0.25) is 0 Å². The predicted octanol–water partition coefficient (Wildman–Crippen LogP) is 3.05. The van der Waals surface area contributed by atoms with Crippen molar-refractivity contribution in [2.45, 2.75) is 31.6 Å². The van der Waals surface area contributed by atoms with Gasteiger partial charge in [0.05, 0.1) is 6.20 Å². The van der Waals surface area contributed by atoms with Gasteiger partial charge in [-0.2, -0.15) is 0 Å². The Bertz CT molecular complexity index is 588. The molecule has 3 rings (SSSR count). The molecule has 0 radical (unpaired) electrons. The molecule has 0 bridgehead atoms. The number of aromatic nitrogens is 1. The van der Waals surface area contributed by atoms with E-state index in [-0.39, 0.29) is 11.2 Å². The fourth-order valence-corrected chi connectivity index (χ4v) is 2.69. The summed E-state index contributed by atoms with van der Waals surface area (Å²) >= 11 is 0. The van der Waals surface area contributed by atoms with E-state index in [1.54, 1.807) is 18.3 Å². The molecule has 1 aliphatic rings. The van der Waals surface area contributed by atoms with Crippen molar-refractivity contribution in [2.75, 3.05) is 13.1 Å². The molecule has 1 saturated heterocycles. The lowest BCUT2D eigenvalue weighted by molar-refractivity contribution is 0.263. The molecule has 1 aliphatic heterocycles. The summed E-state index contributed by atoms with van der Waals surface area (Å²) in [6, 6.07) is 6.79. The second-order valence-corrected chi connectivity index (χ2v) is 5.71. The average molecular weight is 274 g/mol. The predicted molar refractivity (Wildman–Crippen MR) is 75.2 cm³/mol. The maximum Gasteiger partial charge on any atom is 0.200 e. The summed E-state index contributed by atoms with van der Waals surface area (Å²) in [5, 5.41) is 3.34. The largest absolute Gasteiger partial charge is 0.445 e. The van der Waals surface area contributed by atoms with Gasteiger partial charge in [-0.25, -0.2) is 9.37 Å². The highest BCUT2D eigenvalue weighted by Crippen LogP contribution is 2.32. The molecule has 0 saturated carbocycles. The molecule has 0 atom stereocenters. The Morgan fingerprint density at radius 3 is 2.80 bits per heavy atom. The molecule has 0 aliphatic carbocycles. The highest BCUT2D eigenvalue weighted by molar-refractivity contribution is 5.22. The number of benzene rings is 1. The number of hydrogen-bond donors (Lipinski definition) is 1. The van der Waals surface area contributed by atoms with Gasteiger partial charge in [0, 0.05) is 11.8 Å². The first-order valence-corrected chi connectivity index (χ1v) is 7.07. The van der Waals surface area contributed by atoms with E-state index < -0.39 is 0 Å². The molecule has 1 N–H and O–H groups in total. The summed E-state index contributed by atoms with van der Waals surface area (Å²) in [5.74, 6) is 1.31. The molecule has 2 heterocycles. The third-order valence-corrected chi connectivity index (χ3v) is 4.10. The molecule has 106 valence electrons. The lowest BCUT2D eigenvalue weighted by atomic mass is 9.81. The Labute approximate surface area is 118 Å². The number of rotatable bonds is 3. The zero-order valence-electron chi connectivity index (χ0n) is 11.7. The van der Waals surface area contributed by atoms with E-state index in [4.69, 9.17) is 4.42 Å². The summed E-state index contributed by atoms with van der Waals surface area (Å²) in [7, 11) is 0. The van der Waals surface area contributed by atoms with Gasteiger partial charge in [-0.1, -0.05) is 25.1 Å². The van der Waals surface area contributed by atoms with Crippen molar-refractivity contribution in [1.82, 2.24) is 10.3 Å². The van der Waals surface area contributed by atoms with Crippen LogP contribution in [0, 0.1) is 5.82 Å². The monoisotopic (exact) mass is 274 g/mol. The van der Waals surface area contributed by atoms with Crippen LogP contribution in [0.5, 0.6) is 0 Å². The Balaban J connectivity index is 1.78. The molecule has 1 fully saturated rings. The fraction of sp³-hybridized carbons (Fsp3) is 0.438. The van der Waals surface area contributed by atoms with E-state index in [1.165, 1.54) is 6.07 Å². The van der Waals surface area contributed by atoms with Gasteiger partial charge in [0.25, 0.3) is 0 Å². The molecular formula is C16H19FN2O. The minimum Gasteiger partial charge on any atom is -0.445 e. The Hall–Kier alpha value is -1.68. The molecule has 0 unspecified atom stereocenters. The van der Waals surface area contributed by atoms with Crippen LogP contribution >= 0.6 is 0 Å². The van der Waals surface area contributed by atoms with Crippen LogP contribution in [0.25, 0.3) is 0 Å². The molecule has 0 spiro atoms. The van der Waals surface area contributed by atoms with E-state index in [1.807, 2.05) is 6.07 Å². The maximum absolute atomic E-state index is 13.6. The topological polar surface area (TPSA) is 38.1 Å². The fourth-order valence-electron chi connectivity index (χ4n) is 2.69. The molecule has 3 nitrogen and oxygen atoms in total. The first kappa shape index (κ1) is 13.3. The van der Waals surface area contributed by atoms with Crippen LogP contribution in [0.1, 0.15) is 37.0 Å². The van der Waals surface area contributed by atoms with Crippen LogP contribution in [-0.2, 0) is 11.8 Å². The number of halogens is 1. The number of nitrogens with one attached hydrogen (secondary N) is 1. The van der Waals surface area contributed by atoms with Crippen molar-refractivity contribution in [3.63, 3.8) is 0 Å². The van der Waals surface area contributed by atoms with Crippen molar-refractivity contribution in [2.24, 2.45) is 0 Å². The average Bonchev–Trinajstić information content (AvgIpc) is 2.92. The van der Waals surface area contributed by atoms with Crippen molar-refractivity contribution in [1.29, 1.82) is 0 Å². The lowest BCUT2D eigenvalue weighted by Crippen LogP contribution is -2.37. The first-order chi connectivity index (χ1) is 9.67. The van der Waals surface area contributed by atoms with Crippen molar-refractivity contribution >= 4 is 0 Å². The third kappa shape index (κ3) is 2.61. The lowest BCUT2D eigenvalue weighted by Gasteiger charge is -2.30. The third-order valence-electron chi connectivity index (χ3n) is 4.10. The smallest absolute Gasteiger partial charge is 0.200 e. The maximum atomic E-state index is 13.6. The van der Waals surface area contributed by atoms with Crippen LogP contribution in [0.2, 0.25) is 0 Å². The summed E-state index contributed by atoms with van der Waals surface area (Å²) in [5.41, 5.74) is 0.643. The number of hydrogen-bond acceptors (Lipinski definition) is 3. The second-order valence-electron chi connectivity index (χ2n) is 5.71. The SMILES string of the molecule is CC1(c2ncc(Cc3ccccc3F)o2)CCNCC1. The van der Waals surface area contributed by atoms with Crippen LogP contribution in [0.15, 0.2) is 34.9 Å². The van der Waals surface area contributed by atoms with Gasteiger partial charge in [-0.15, -0.1) is 0 Å². The minimum absolute atomic E-state index is 0.00126. The normalized spacial score (nSPS) is 18.1. The molecule has 1 aromatic heterocycles. The van der Waals surface area contributed by atoms with Crippen LogP contribution in [-0.4, -0.2) is 18.1 Å². The van der Waals surface area contributed by atoms with Crippen LogP contribution < -0.4 is 5.32 Å². The molecule has 0 amide bonds. The number of nitrogens with zero attached hydrogens (tertiary/aromatic N) is 1. The summed E-state index contributed by atoms with van der Waals surface area (Å²) < 4.78 is 19.5. The zero-order valence-corrected chi connectivity index (χ0v) is 11.7. The second kappa shape index (κ2) is 5.37. The van der Waals surface area contributed by atoms with E-state index in [2.05, 4.69) is 17.2 Å². The minimum atomic E-state index is -0.196. The van der Waals surface area contributed by atoms with Crippen molar-refractivity contribution < 1.29 is 8.81 Å². The van der Waals surface area contributed by atoms with Gasteiger partial charge in [0.2, 0.25) is 0 Å². The highest BCUT2D eigenvalue weighted by Gasteiger charge is 2.33. The number of piperidine rings is 1. The van der Waals surface area contributed by atoms with E-state index >= 15 is 0 Å². The Kier molecular flexibility index (Phi) is 3.57. The van der Waals surface area contributed by atoms with Crippen molar-refractivity contribution in [3.05, 3.63) is 53.5 Å². The van der Waals surface area contributed by atoms with Gasteiger partial charge >= 0.3 is 0 Å². The van der Waals surface area contributed by atoms with Gasteiger partial charge in [0.1, 0.15) is 11.6 Å². The van der Waals surface area contributed by atoms with Crippen LogP contribution in [0.3, 0.4) is 0 Å². The van der Waals surface area contributed by atoms with E-state index in [0.29, 0.717) is 12.0 Å². The summed E-state index contributed by atoms with van der Waals surface area (Å²) in [6.45, 7) is 4.16. The molecule has 2 aromatic rings. The van der Waals surface area contributed by atoms with Crippen LogP contribution in [0.4, 0.5) is 4.39 Å².